The highest BCUT2D eigenvalue weighted by atomic mass is 16.1. The van der Waals surface area contributed by atoms with Gasteiger partial charge in [0.2, 0.25) is 0 Å². The van der Waals surface area contributed by atoms with Gasteiger partial charge in [0.1, 0.15) is 5.82 Å². The molecule has 0 aromatic carbocycles. The third-order valence-electron chi connectivity index (χ3n) is 2.04. The Kier molecular flexibility index (Phi) is 2.49. The van der Waals surface area contributed by atoms with Crippen LogP contribution in [-0.4, -0.2) is 19.7 Å². The van der Waals surface area contributed by atoms with E-state index >= 15 is 0 Å². The van der Waals surface area contributed by atoms with Gasteiger partial charge in [-0.05, 0) is 0 Å². The predicted molar refractivity (Wildman–Crippen MR) is 55.4 cm³/mol. The number of hydrogen-bond donors (Lipinski definition) is 2. The van der Waals surface area contributed by atoms with Crippen molar-refractivity contribution >= 4 is 5.69 Å². The molecule has 78 valence electrons. The normalized spacial score (nSPS) is 10.2. The van der Waals surface area contributed by atoms with Crippen molar-refractivity contribution in [1.29, 1.82) is 0 Å². The molecule has 2 N–H and O–H groups in total. The first-order chi connectivity index (χ1) is 7.25. The van der Waals surface area contributed by atoms with Gasteiger partial charge < -0.3 is 9.88 Å². The second kappa shape index (κ2) is 3.95. The van der Waals surface area contributed by atoms with Gasteiger partial charge in [-0.1, -0.05) is 0 Å². The van der Waals surface area contributed by atoms with E-state index in [1.165, 1.54) is 6.07 Å². The Balaban J connectivity index is 2.05. The molecular weight excluding hydrogens is 194 g/mol. The number of hydrogen-bond acceptors (Lipinski definition) is 4. The highest BCUT2D eigenvalue weighted by Gasteiger charge is 1.99. The molecule has 0 amide bonds. The Morgan fingerprint density at radius 1 is 1.60 bits per heavy atom. The van der Waals surface area contributed by atoms with Crippen LogP contribution >= 0.6 is 0 Å². The van der Waals surface area contributed by atoms with E-state index in [2.05, 4.69) is 20.5 Å². The van der Waals surface area contributed by atoms with Crippen molar-refractivity contribution in [3.8, 4) is 0 Å². The number of nitrogens with zero attached hydrogens (tertiary/aromatic N) is 3. The highest BCUT2D eigenvalue weighted by Crippen LogP contribution is 2.02. The fourth-order valence-electron chi connectivity index (χ4n) is 1.22. The van der Waals surface area contributed by atoms with Gasteiger partial charge in [0.15, 0.2) is 0 Å². The molecule has 0 atom stereocenters. The zero-order valence-electron chi connectivity index (χ0n) is 8.27. The first kappa shape index (κ1) is 9.45. The lowest BCUT2D eigenvalue weighted by Crippen LogP contribution is -2.10. The third-order valence-corrected chi connectivity index (χ3v) is 2.04. The molecule has 2 aromatic rings. The van der Waals surface area contributed by atoms with Crippen molar-refractivity contribution in [2.45, 2.75) is 6.54 Å². The number of rotatable bonds is 3. The maximum absolute atomic E-state index is 10.9. The van der Waals surface area contributed by atoms with E-state index in [0.29, 0.717) is 12.2 Å². The highest BCUT2D eigenvalue weighted by molar-refractivity contribution is 5.38. The molecule has 0 aliphatic carbocycles. The summed E-state index contributed by atoms with van der Waals surface area (Å²) >= 11 is 0. The van der Waals surface area contributed by atoms with E-state index in [0.717, 1.165) is 5.82 Å². The third kappa shape index (κ3) is 2.22. The molecule has 0 bridgehead atoms. The number of anilines is 1. The Morgan fingerprint density at radius 3 is 3.13 bits per heavy atom. The molecule has 0 saturated carbocycles. The average Bonchev–Trinajstić information content (AvgIpc) is 2.61. The van der Waals surface area contributed by atoms with Crippen LogP contribution in [0, 0.1) is 0 Å². The molecule has 0 unspecified atom stereocenters. The molecule has 15 heavy (non-hydrogen) atoms. The van der Waals surface area contributed by atoms with Crippen LogP contribution < -0.4 is 10.9 Å². The zero-order chi connectivity index (χ0) is 10.7. The van der Waals surface area contributed by atoms with Crippen LogP contribution in [0.25, 0.3) is 0 Å². The van der Waals surface area contributed by atoms with Gasteiger partial charge in [0.05, 0.1) is 18.4 Å². The summed E-state index contributed by atoms with van der Waals surface area (Å²) in [5.74, 6) is 0.898. The second-order valence-electron chi connectivity index (χ2n) is 3.14. The summed E-state index contributed by atoms with van der Waals surface area (Å²) in [7, 11) is 1.92. The van der Waals surface area contributed by atoms with Gasteiger partial charge in [-0.25, -0.2) is 10.1 Å². The standard InChI is InChI=1S/C9H11N5O/c1-14-3-2-10-8(14)6-11-7-4-9(15)13-12-5-7/h2-5H,6H2,1H3,(H2,11,13,15). The lowest BCUT2D eigenvalue weighted by molar-refractivity contribution is 0.811. The summed E-state index contributed by atoms with van der Waals surface area (Å²) in [6.07, 6.45) is 5.16. The van der Waals surface area contributed by atoms with E-state index in [1.807, 2.05) is 17.8 Å². The molecule has 0 spiro atoms. The van der Waals surface area contributed by atoms with Crippen molar-refractivity contribution in [2.24, 2.45) is 7.05 Å². The van der Waals surface area contributed by atoms with E-state index in [4.69, 9.17) is 0 Å². The summed E-state index contributed by atoms with van der Waals surface area (Å²) in [6.45, 7) is 0.564. The first-order valence-electron chi connectivity index (χ1n) is 4.50. The number of aromatic amines is 1. The van der Waals surface area contributed by atoms with Crippen molar-refractivity contribution in [3.63, 3.8) is 0 Å². The molecule has 6 nitrogen and oxygen atoms in total. The molecule has 2 rings (SSSR count). The minimum Gasteiger partial charge on any atom is -0.376 e. The number of H-pyrrole nitrogens is 1. The summed E-state index contributed by atoms with van der Waals surface area (Å²) < 4.78 is 1.91. The predicted octanol–water partition coefficient (Wildman–Crippen LogP) is 0.115. The Hall–Kier alpha value is -2.11. The number of nitrogens with one attached hydrogen (secondary N) is 2. The van der Waals surface area contributed by atoms with Gasteiger partial charge >= 0.3 is 0 Å². The van der Waals surface area contributed by atoms with Crippen LogP contribution in [-0.2, 0) is 13.6 Å². The quantitative estimate of drug-likeness (QED) is 0.746. The van der Waals surface area contributed by atoms with Crippen molar-refractivity contribution in [2.75, 3.05) is 5.32 Å². The van der Waals surface area contributed by atoms with E-state index in [9.17, 15) is 4.79 Å². The Bertz CT molecular complexity index is 501. The van der Waals surface area contributed by atoms with Gasteiger partial charge in [0.25, 0.3) is 5.56 Å². The summed E-state index contributed by atoms with van der Waals surface area (Å²) in [6, 6.07) is 1.45. The van der Waals surface area contributed by atoms with Crippen LogP contribution in [0.4, 0.5) is 5.69 Å². The Morgan fingerprint density at radius 2 is 2.47 bits per heavy atom. The fourth-order valence-corrected chi connectivity index (χ4v) is 1.22. The smallest absolute Gasteiger partial charge is 0.266 e. The lowest BCUT2D eigenvalue weighted by Gasteiger charge is -2.04. The molecule has 6 heteroatoms. The number of aromatic nitrogens is 4. The maximum Gasteiger partial charge on any atom is 0.266 e. The molecule has 0 fully saturated rings. The van der Waals surface area contributed by atoms with Crippen LogP contribution in [0.15, 0.2) is 29.5 Å². The average molecular weight is 205 g/mol. The molecule has 2 aromatic heterocycles. The van der Waals surface area contributed by atoms with Crippen molar-refractivity contribution in [1.82, 2.24) is 19.7 Å². The van der Waals surface area contributed by atoms with Crippen LogP contribution in [0.5, 0.6) is 0 Å². The maximum atomic E-state index is 10.9. The summed E-state index contributed by atoms with van der Waals surface area (Å²) in [5, 5.41) is 9.05. The minimum absolute atomic E-state index is 0.222. The molecule has 0 aliphatic rings. The van der Waals surface area contributed by atoms with Crippen LogP contribution in [0.1, 0.15) is 5.82 Å². The molecule has 0 radical (unpaired) electrons. The van der Waals surface area contributed by atoms with Gasteiger partial charge in [-0.15, -0.1) is 0 Å². The lowest BCUT2D eigenvalue weighted by atomic mass is 10.4. The van der Waals surface area contributed by atoms with Gasteiger partial charge in [0, 0.05) is 25.5 Å². The summed E-state index contributed by atoms with van der Waals surface area (Å²) in [4.78, 5) is 15.1. The van der Waals surface area contributed by atoms with Crippen molar-refractivity contribution < 1.29 is 0 Å². The summed E-state index contributed by atoms with van der Waals surface area (Å²) in [5.41, 5.74) is 0.460. The number of aryl methyl sites for hydroxylation is 1. The van der Waals surface area contributed by atoms with E-state index in [-0.39, 0.29) is 5.56 Å². The topological polar surface area (TPSA) is 75.6 Å². The van der Waals surface area contributed by atoms with Crippen molar-refractivity contribution in [3.05, 3.63) is 40.8 Å². The molecular formula is C9H11N5O. The second-order valence-corrected chi connectivity index (χ2v) is 3.14. The SMILES string of the molecule is Cn1ccnc1CNc1cn[nH]c(=O)c1. The first-order valence-corrected chi connectivity index (χ1v) is 4.50. The minimum atomic E-state index is -0.222. The monoisotopic (exact) mass is 205 g/mol. The van der Waals surface area contributed by atoms with Gasteiger partial charge in [-0.3, -0.25) is 4.79 Å². The molecule has 0 saturated heterocycles. The molecule has 2 heterocycles. The van der Waals surface area contributed by atoms with Crippen LogP contribution in [0.3, 0.4) is 0 Å². The van der Waals surface area contributed by atoms with E-state index in [1.54, 1.807) is 12.4 Å². The number of imidazole rings is 1. The molecule has 0 aliphatic heterocycles. The largest absolute Gasteiger partial charge is 0.376 e. The fraction of sp³-hybridized carbons (Fsp3) is 0.222. The van der Waals surface area contributed by atoms with Crippen LogP contribution in [0.2, 0.25) is 0 Å². The van der Waals surface area contributed by atoms with Gasteiger partial charge in [-0.2, -0.15) is 5.10 Å². The zero-order valence-corrected chi connectivity index (χ0v) is 8.27. The van der Waals surface area contributed by atoms with E-state index < -0.39 is 0 Å². The Labute approximate surface area is 86.0 Å².